The number of hydrogen-bond donors (Lipinski definition) is 0. The standard InChI is InChI=1S/C16H14S2/c1-11-3-9-15(17-11)13-5-7-14(8-6-13)16-10-4-12(2)18-16/h3-10H,1-2H3/i5D,8D. The number of hydrogen-bond acceptors (Lipinski definition) is 2. The lowest BCUT2D eigenvalue weighted by Crippen LogP contribution is -1.74. The number of rotatable bonds is 2. The highest BCUT2D eigenvalue weighted by Gasteiger charge is 2.03. The summed E-state index contributed by atoms with van der Waals surface area (Å²) in [7, 11) is 0. The van der Waals surface area contributed by atoms with Crippen LogP contribution in [0.3, 0.4) is 0 Å². The summed E-state index contributed by atoms with van der Waals surface area (Å²) in [6.45, 7) is 4.12. The zero-order chi connectivity index (χ0) is 14.3. The molecule has 0 amide bonds. The second-order valence-corrected chi connectivity index (χ2v) is 6.80. The third-order valence-electron chi connectivity index (χ3n) is 2.76. The lowest BCUT2D eigenvalue weighted by atomic mass is 10.1. The van der Waals surface area contributed by atoms with Gasteiger partial charge in [-0.15, -0.1) is 22.7 Å². The Morgan fingerprint density at radius 2 is 1.17 bits per heavy atom. The molecule has 2 heteroatoms. The van der Waals surface area contributed by atoms with Gasteiger partial charge in [-0.2, -0.15) is 0 Å². The van der Waals surface area contributed by atoms with Crippen LogP contribution in [0.1, 0.15) is 12.5 Å². The van der Waals surface area contributed by atoms with Crippen LogP contribution < -0.4 is 0 Å². The van der Waals surface area contributed by atoms with Crippen molar-refractivity contribution in [2.75, 3.05) is 0 Å². The summed E-state index contributed by atoms with van der Waals surface area (Å²) in [5, 5.41) is 0. The second-order valence-electron chi connectivity index (χ2n) is 4.23. The van der Waals surface area contributed by atoms with Crippen LogP contribution in [0.4, 0.5) is 0 Å². The maximum atomic E-state index is 8.24. The molecule has 0 unspecified atom stereocenters. The highest BCUT2D eigenvalue weighted by atomic mass is 32.1. The van der Waals surface area contributed by atoms with Gasteiger partial charge in [0.05, 0.1) is 2.74 Å². The zero-order valence-corrected chi connectivity index (χ0v) is 11.9. The predicted molar refractivity (Wildman–Crippen MR) is 82.5 cm³/mol. The molecule has 0 saturated heterocycles. The van der Waals surface area contributed by atoms with E-state index in [1.807, 2.05) is 24.3 Å². The summed E-state index contributed by atoms with van der Waals surface area (Å²) >= 11 is 3.34. The van der Waals surface area contributed by atoms with Crippen LogP contribution in [0.25, 0.3) is 20.9 Å². The zero-order valence-electron chi connectivity index (χ0n) is 12.3. The molecular formula is C16H14S2. The number of thiophene rings is 2. The fourth-order valence-corrected chi connectivity index (χ4v) is 3.52. The minimum Gasteiger partial charge on any atom is -0.141 e. The largest absolute Gasteiger partial charge is 0.141 e. The van der Waals surface area contributed by atoms with Crippen LogP contribution in [-0.2, 0) is 0 Å². The number of aryl methyl sites for hydroxylation is 2. The third-order valence-corrected chi connectivity index (χ3v) is 4.82. The Morgan fingerprint density at radius 3 is 1.50 bits per heavy atom. The van der Waals surface area contributed by atoms with Crippen molar-refractivity contribution in [1.82, 2.24) is 0 Å². The van der Waals surface area contributed by atoms with E-state index in [-0.39, 0.29) is 0 Å². The Morgan fingerprint density at radius 1 is 0.722 bits per heavy atom. The first-order valence-electron chi connectivity index (χ1n) is 6.79. The smallest absolute Gasteiger partial charge is 0.0630 e. The monoisotopic (exact) mass is 272 g/mol. The second kappa shape index (κ2) is 4.71. The molecule has 0 radical (unpaired) electrons. The van der Waals surface area contributed by atoms with Gasteiger partial charge in [-0.25, -0.2) is 0 Å². The summed E-state index contributed by atoms with van der Waals surface area (Å²) in [6, 6.07) is 12.8. The van der Waals surface area contributed by atoms with Gasteiger partial charge < -0.3 is 0 Å². The van der Waals surface area contributed by atoms with E-state index in [9.17, 15) is 0 Å². The first kappa shape index (κ1) is 9.54. The van der Waals surface area contributed by atoms with E-state index in [2.05, 4.69) is 26.0 Å². The molecule has 3 rings (SSSR count). The van der Waals surface area contributed by atoms with E-state index >= 15 is 0 Å². The van der Waals surface area contributed by atoms with E-state index in [1.165, 1.54) is 9.75 Å². The molecule has 0 atom stereocenters. The Hall–Kier alpha value is -1.38. The maximum Gasteiger partial charge on any atom is 0.0630 e. The minimum atomic E-state index is 0.490. The highest BCUT2D eigenvalue weighted by Crippen LogP contribution is 2.32. The lowest BCUT2D eigenvalue weighted by Gasteiger charge is -2.00. The van der Waals surface area contributed by atoms with Gasteiger partial charge in [-0.1, -0.05) is 24.2 Å². The van der Waals surface area contributed by atoms with E-state index in [4.69, 9.17) is 2.74 Å². The molecule has 90 valence electrons. The highest BCUT2D eigenvalue weighted by molar-refractivity contribution is 7.15. The van der Waals surface area contributed by atoms with Crippen molar-refractivity contribution in [3.63, 3.8) is 0 Å². The predicted octanol–water partition coefficient (Wildman–Crippen LogP) is 5.76. The molecule has 3 aromatic rings. The van der Waals surface area contributed by atoms with Crippen LogP contribution in [0, 0.1) is 13.8 Å². The van der Waals surface area contributed by atoms with Crippen molar-refractivity contribution in [3.8, 4) is 20.9 Å². The fourth-order valence-electron chi connectivity index (χ4n) is 1.83. The molecule has 0 fully saturated rings. The Bertz CT molecular complexity index is 703. The lowest BCUT2D eigenvalue weighted by molar-refractivity contribution is 1.64. The van der Waals surface area contributed by atoms with Crippen LogP contribution in [0.15, 0.2) is 48.5 Å². The average Bonchev–Trinajstić information content (AvgIpc) is 3.00. The summed E-state index contributed by atoms with van der Waals surface area (Å²) in [4.78, 5) is 4.58. The summed E-state index contributed by atoms with van der Waals surface area (Å²) in [6.07, 6.45) is 0. The van der Waals surface area contributed by atoms with Gasteiger partial charge in [-0.3, -0.25) is 0 Å². The van der Waals surface area contributed by atoms with Crippen molar-refractivity contribution in [2.45, 2.75) is 13.8 Å². The summed E-state index contributed by atoms with van der Waals surface area (Å²) < 4.78 is 16.5. The van der Waals surface area contributed by atoms with Gasteiger partial charge in [-0.05, 0) is 49.2 Å². The Labute approximate surface area is 118 Å². The fraction of sp³-hybridized carbons (Fsp3) is 0.125. The van der Waals surface area contributed by atoms with E-state index < -0.39 is 0 Å². The molecule has 0 bridgehead atoms. The SMILES string of the molecule is [2H]c1cc(-c2ccc(C)s2)c([2H])cc1-c1ccc(C)s1. The summed E-state index contributed by atoms with van der Waals surface area (Å²) in [5.41, 5.74) is 1.70. The molecule has 0 aliphatic heterocycles. The van der Waals surface area contributed by atoms with Gasteiger partial charge in [0.25, 0.3) is 0 Å². The van der Waals surface area contributed by atoms with Crippen molar-refractivity contribution in [1.29, 1.82) is 0 Å². The van der Waals surface area contributed by atoms with Crippen molar-refractivity contribution >= 4 is 22.7 Å². The van der Waals surface area contributed by atoms with Gasteiger partial charge in [0.15, 0.2) is 0 Å². The first-order chi connectivity index (χ1) is 9.54. The molecule has 1 aromatic carbocycles. The molecule has 0 aliphatic rings. The quantitative estimate of drug-likeness (QED) is 0.556. The Kier molecular flexibility index (Phi) is 2.50. The molecular weight excluding hydrogens is 256 g/mol. The normalized spacial score (nSPS) is 12.3. The van der Waals surface area contributed by atoms with Gasteiger partial charge in [0.2, 0.25) is 0 Å². The van der Waals surface area contributed by atoms with Gasteiger partial charge >= 0.3 is 0 Å². The molecule has 0 saturated carbocycles. The Balaban J connectivity index is 2.11. The van der Waals surface area contributed by atoms with Gasteiger partial charge in [0.1, 0.15) is 0 Å². The van der Waals surface area contributed by atoms with Gasteiger partial charge in [0, 0.05) is 19.5 Å². The van der Waals surface area contributed by atoms with Crippen LogP contribution in [0.2, 0.25) is 0 Å². The average molecular weight is 272 g/mol. The third kappa shape index (κ3) is 2.26. The maximum absolute atomic E-state index is 8.24. The molecule has 0 N–H and O–H groups in total. The van der Waals surface area contributed by atoms with E-state index in [1.54, 1.807) is 22.7 Å². The van der Waals surface area contributed by atoms with Crippen molar-refractivity contribution < 1.29 is 2.74 Å². The minimum absolute atomic E-state index is 0.490. The molecule has 18 heavy (non-hydrogen) atoms. The molecule has 0 spiro atoms. The molecule has 0 nitrogen and oxygen atoms in total. The van der Waals surface area contributed by atoms with E-state index in [0.717, 1.165) is 20.9 Å². The first-order valence-corrected chi connectivity index (χ1v) is 7.43. The molecule has 2 aromatic heterocycles. The topological polar surface area (TPSA) is 0 Å². The van der Waals surface area contributed by atoms with Crippen molar-refractivity contribution in [3.05, 3.63) is 58.2 Å². The summed E-state index contributed by atoms with van der Waals surface area (Å²) in [5.74, 6) is 0. The van der Waals surface area contributed by atoms with Crippen LogP contribution in [0.5, 0.6) is 0 Å². The van der Waals surface area contributed by atoms with E-state index in [0.29, 0.717) is 12.1 Å². The van der Waals surface area contributed by atoms with Crippen LogP contribution >= 0.6 is 22.7 Å². The van der Waals surface area contributed by atoms with Crippen LogP contribution in [-0.4, -0.2) is 0 Å². The van der Waals surface area contributed by atoms with Crippen molar-refractivity contribution in [2.24, 2.45) is 0 Å². The molecule has 2 heterocycles. The molecule has 0 aliphatic carbocycles. The number of benzene rings is 1.